The highest BCUT2D eigenvalue weighted by atomic mass is 32.2. The predicted molar refractivity (Wildman–Crippen MR) is 122 cm³/mol. The zero-order valence-electron chi connectivity index (χ0n) is 16.6. The van der Waals surface area contributed by atoms with E-state index in [0.29, 0.717) is 21.9 Å². The molecule has 0 spiro atoms. The van der Waals surface area contributed by atoms with Crippen LogP contribution in [0, 0.1) is 6.92 Å². The molecule has 2 aromatic carbocycles. The number of carbonyl (C=O) groups is 4. The maximum absolute atomic E-state index is 12.6. The van der Waals surface area contributed by atoms with Gasteiger partial charge in [-0.1, -0.05) is 29.8 Å². The van der Waals surface area contributed by atoms with E-state index in [1.54, 1.807) is 24.3 Å². The number of amides is 4. The van der Waals surface area contributed by atoms with Gasteiger partial charge >= 0.3 is 0 Å². The van der Waals surface area contributed by atoms with Crippen molar-refractivity contribution < 1.29 is 19.2 Å². The quantitative estimate of drug-likeness (QED) is 0.673. The Morgan fingerprint density at radius 3 is 2.71 bits per heavy atom. The fourth-order valence-electron chi connectivity index (χ4n) is 3.11. The van der Waals surface area contributed by atoms with E-state index in [1.165, 1.54) is 11.8 Å². The van der Waals surface area contributed by atoms with Gasteiger partial charge in [0.1, 0.15) is 0 Å². The molecule has 31 heavy (non-hydrogen) atoms. The van der Waals surface area contributed by atoms with Crippen LogP contribution in [-0.2, 0) is 9.59 Å². The van der Waals surface area contributed by atoms with Crippen LogP contribution in [0.2, 0.25) is 0 Å². The minimum atomic E-state index is -0.363. The first-order valence-corrected chi connectivity index (χ1v) is 11.4. The highest BCUT2D eigenvalue weighted by Crippen LogP contribution is 2.33. The molecule has 9 heteroatoms. The van der Waals surface area contributed by atoms with Gasteiger partial charge in [0.25, 0.3) is 17.1 Å². The maximum atomic E-state index is 12.6. The van der Waals surface area contributed by atoms with Crippen LogP contribution in [-0.4, -0.2) is 46.7 Å². The molecular formula is C22H19N3O4S2. The van der Waals surface area contributed by atoms with Gasteiger partial charge in [0.05, 0.1) is 16.3 Å². The van der Waals surface area contributed by atoms with E-state index in [2.05, 4.69) is 10.6 Å². The highest BCUT2D eigenvalue weighted by Gasteiger charge is 2.34. The zero-order chi connectivity index (χ0) is 22.0. The van der Waals surface area contributed by atoms with Crippen LogP contribution < -0.4 is 10.6 Å². The highest BCUT2D eigenvalue weighted by molar-refractivity contribution is 8.18. The van der Waals surface area contributed by atoms with Crippen LogP contribution in [0.3, 0.4) is 0 Å². The summed E-state index contributed by atoms with van der Waals surface area (Å²) in [6.45, 7) is 2.19. The minimum Gasteiger partial charge on any atom is -0.350 e. The molecule has 1 saturated heterocycles. The average molecular weight is 454 g/mol. The lowest BCUT2D eigenvalue weighted by atomic mass is 10.1. The number of imide groups is 1. The molecule has 0 atom stereocenters. The molecule has 2 aromatic rings. The molecule has 0 unspecified atom stereocenters. The molecule has 2 aliphatic rings. The summed E-state index contributed by atoms with van der Waals surface area (Å²) in [6.07, 6.45) is 1.70. The second-order valence-corrected chi connectivity index (χ2v) is 9.06. The van der Waals surface area contributed by atoms with Crippen molar-refractivity contribution in [2.24, 2.45) is 0 Å². The van der Waals surface area contributed by atoms with Gasteiger partial charge < -0.3 is 10.6 Å². The van der Waals surface area contributed by atoms with Crippen molar-refractivity contribution in [3.8, 4) is 0 Å². The number of rotatable bonds is 5. The first kappa shape index (κ1) is 21.2. The number of carbonyl (C=O) groups excluding carboxylic acids is 4. The van der Waals surface area contributed by atoms with Crippen molar-refractivity contribution in [2.75, 3.05) is 24.2 Å². The van der Waals surface area contributed by atoms with E-state index in [1.807, 2.05) is 31.2 Å². The molecule has 158 valence electrons. The third-order valence-electron chi connectivity index (χ3n) is 4.74. The largest absolute Gasteiger partial charge is 0.350 e. The van der Waals surface area contributed by atoms with Gasteiger partial charge in [-0.25, -0.2) is 0 Å². The Labute approximate surface area is 187 Å². The van der Waals surface area contributed by atoms with Crippen LogP contribution in [0.25, 0.3) is 6.08 Å². The first-order valence-electron chi connectivity index (χ1n) is 9.57. The Hall–Kier alpha value is -3.04. The molecule has 2 N–H and O–H groups in total. The molecule has 0 aliphatic carbocycles. The van der Waals surface area contributed by atoms with Crippen molar-refractivity contribution in [2.45, 2.75) is 11.8 Å². The third-order valence-corrected chi connectivity index (χ3v) is 6.73. The Balaban J connectivity index is 1.35. The van der Waals surface area contributed by atoms with Crippen LogP contribution in [0.5, 0.6) is 0 Å². The summed E-state index contributed by atoms with van der Waals surface area (Å²) in [4.78, 5) is 51.2. The van der Waals surface area contributed by atoms with Crippen LogP contribution in [0.4, 0.5) is 10.5 Å². The van der Waals surface area contributed by atoms with Crippen molar-refractivity contribution in [3.63, 3.8) is 0 Å². The predicted octanol–water partition coefficient (Wildman–Crippen LogP) is 3.51. The Kier molecular flexibility index (Phi) is 6.15. The summed E-state index contributed by atoms with van der Waals surface area (Å²) >= 11 is 2.32. The number of nitrogens with zero attached hydrogens (tertiary/aromatic N) is 1. The molecule has 1 fully saturated rings. The van der Waals surface area contributed by atoms with E-state index in [-0.39, 0.29) is 36.1 Å². The van der Waals surface area contributed by atoms with Gasteiger partial charge in [0.2, 0.25) is 5.91 Å². The molecular weight excluding hydrogens is 434 g/mol. The summed E-state index contributed by atoms with van der Waals surface area (Å²) in [7, 11) is 0. The Bertz CT molecular complexity index is 1110. The molecule has 2 aliphatic heterocycles. The number of hydrogen-bond acceptors (Lipinski definition) is 6. The van der Waals surface area contributed by atoms with E-state index in [4.69, 9.17) is 0 Å². The smallest absolute Gasteiger partial charge is 0.293 e. The number of benzene rings is 2. The number of thioether (sulfide) groups is 2. The Morgan fingerprint density at radius 2 is 1.94 bits per heavy atom. The van der Waals surface area contributed by atoms with E-state index in [9.17, 15) is 19.2 Å². The van der Waals surface area contributed by atoms with Crippen molar-refractivity contribution >= 4 is 58.2 Å². The van der Waals surface area contributed by atoms with Gasteiger partial charge in [0, 0.05) is 23.5 Å². The van der Waals surface area contributed by atoms with Gasteiger partial charge in [-0.2, -0.15) is 0 Å². The summed E-state index contributed by atoms with van der Waals surface area (Å²) < 4.78 is 0. The first-order chi connectivity index (χ1) is 14.9. The van der Waals surface area contributed by atoms with Crippen molar-refractivity contribution in [3.05, 3.63) is 64.1 Å². The van der Waals surface area contributed by atoms with Gasteiger partial charge in [-0.05, 0) is 48.5 Å². The number of anilines is 1. The SMILES string of the molecule is Cc1ccc(/C=C2/SC(=O)N(CCNC(=O)c3ccc4c(c3)NC(=O)CS4)C2=O)cc1. The molecule has 4 amide bonds. The van der Waals surface area contributed by atoms with E-state index in [0.717, 1.165) is 32.7 Å². The average Bonchev–Trinajstić information content (AvgIpc) is 3.02. The lowest BCUT2D eigenvalue weighted by molar-refractivity contribution is -0.122. The second-order valence-electron chi connectivity index (χ2n) is 7.05. The standard InChI is InChI=1S/C22H19N3O4S2/c1-13-2-4-14(5-3-13)10-18-21(28)25(22(29)31-18)9-8-23-20(27)15-6-7-17-16(11-15)24-19(26)12-30-17/h2-7,10-11H,8-9,12H2,1H3,(H,23,27)(H,24,26)/b18-10+. The lowest BCUT2D eigenvalue weighted by Crippen LogP contribution is -2.37. The molecule has 0 aromatic heterocycles. The molecule has 4 rings (SSSR count). The second kappa shape index (κ2) is 8.99. The summed E-state index contributed by atoms with van der Waals surface area (Å²) in [5, 5.41) is 5.12. The van der Waals surface area contributed by atoms with Crippen molar-refractivity contribution in [1.82, 2.24) is 10.2 Å². The zero-order valence-corrected chi connectivity index (χ0v) is 18.3. The van der Waals surface area contributed by atoms with Gasteiger partial charge in [0.15, 0.2) is 0 Å². The fraction of sp³-hybridized carbons (Fsp3) is 0.182. The van der Waals surface area contributed by atoms with E-state index < -0.39 is 0 Å². The van der Waals surface area contributed by atoms with Gasteiger partial charge in [-0.15, -0.1) is 11.8 Å². The normalized spacial score (nSPS) is 17.0. The van der Waals surface area contributed by atoms with E-state index >= 15 is 0 Å². The van der Waals surface area contributed by atoms with Gasteiger partial charge in [-0.3, -0.25) is 24.1 Å². The lowest BCUT2D eigenvalue weighted by Gasteiger charge is -2.17. The number of hydrogen-bond donors (Lipinski definition) is 2. The fourth-order valence-corrected chi connectivity index (χ4v) is 4.77. The topological polar surface area (TPSA) is 95.6 Å². The van der Waals surface area contributed by atoms with Crippen LogP contribution in [0.15, 0.2) is 52.3 Å². The van der Waals surface area contributed by atoms with Crippen LogP contribution in [0.1, 0.15) is 21.5 Å². The summed E-state index contributed by atoms with van der Waals surface area (Å²) in [6, 6.07) is 12.8. The third kappa shape index (κ3) is 4.83. The molecule has 0 radical (unpaired) electrons. The Morgan fingerprint density at radius 1 is 1.16 bits per heavy atom. The number of nitrogens with one attached hydrogen (secondary N) is 2. The molecule has 2 heterocycles. The monoisotopic (exact) mass is 453 g/mol. The number of aryl methyl sites for hydroxylation is 1. The summed E-state index contributed by atoms with van der Waals surface area (Å²) in [5.41, 5.74) is 2.97. The summed E-state index contributed by atoms with van der Waals surface area (Å²) in [5.74, 6) is -0.448. The van der Waals surface area contributed by atoms with Crippen molar-refractivity contribution in [1.29, 1.82) is 0 Å². The molecule has 0 saturated carbocycles. The molecule has 7 nitrogen and oxygen atoms in total. The minimum absolute atomic E-state index is 0.0825. The van der Waals surface area contributed by atoms with Crippen LogP contribution >= 0.6 is 23.5 Å². The maximum Gasteiger partial charge on any atom is 0.293 e. The molecule has 0 bridgehead atoms. The number of fused-ring (bicyclic) bond motifs is 1.